The van der Waals surface area contributed by atoms with Crippen LogP contribution in [-0.4, -0.2) is 48.1 Å². The maximum absolute atomic E-state index is 13.6. The Labute approximate surface area is 240 Å². The zero-order valence-electron chi connectivity index (χ0n) is 22.0. The standard InChI is InChI=1S/C29H27Cl2N3O6/c1-3-16-13-18(11-12-34(16)17-9-10-19-22(14-17)39-32-25(19)29(36)37-2)38-28(35)24-26(33-40-27(24)15-7-8-15)23-20(30)5-4-6-21(23)31/h4-6,9-10,14-16,18H,3,7-8,11-13H2,1-2H3/t16-,18-/m1/s1. The molecule has 1 aliphatic carbocycles. The number of halogens is 2. The van der Waals surface area contributed by atoms with Gasteiger partial charge in [0.1, 0.15) is 17.4 Å². The molecule has 1 saturated heterocycles. The molecule has 208 valence electrons. The van der Waals surface area contributed by atoms with E-state index in [0.717, 1.165) is 24.9 Å². The van der Waals surface area contributed by atoms with Gasteiger partial charge in [-0.25, -0.2) is 9.59 Å². The minimum Gasteiger partial charge on any atom is -0.464 e. The lowest BCUT2D eigenvalue weighted by molar-refractivity contribution is 0.0206. The molecule has 2 aliphatic rings. The van der Waals surface area contributed by atoms with E-state index in [1.807, 2.05) is 18.2 Å². The highest BCUT2D eigenvalue weighted by Gasteiger charge is 2.39. The van der Waals surface area contributed by atoms with Gasteiger partial charge in [0.2, 0.25) is 0 Å². The molecular formula is C29H27Cl2N3O6. The van der Waals surface area contributed by atoms with Gasteiger partial charge < -0.3 is 23.4 Å². The van der Waals surface area contributed by atoms with Gasteiger partial charge >= 0.3 is 11.9 Å². The van der Waals surface area contributed by atoms with Crippen LogP contribution in [0.15, 0.2) is 45.4 Å². The highest BCUT2D eigenvalue weighted by atomic mass is 35.5. The van der Waals surface area contributed by atoms with E-state index in [2.05, 4.69) is 22.1 Å². The number of hydrogen-bond donors (Lipinski definition) is 0. The average molecular weight is 584 g/mol. The SMILES string of the molecule is CC[C@@H]1C[C@H](OC(=O)c2c(-c3c(Cl)cccc3Cl)noc2C2CC2)CCN1c1ccc2c(C(=O)OC)noc2c1. The highest BCUT2D eigenvalue weighted by molar-refractivity contribution is 6.39. The number of rotatable bonds is 7. The van der Waals surface area contributed by atoms with Crippen molar-refractivity contribution in [3.05, 3.63) is 63.5 Å². The van der Waals surface area contributed by atoms with E-state index in [-0.39, 0.29) is 23.8 Å². The van der Waals surface area contributed by atoms with Gasteiger partial charge in [-0.3, -0.25) is 0 Å². The van der Waals surface area contributed by atoms with Gasteiger partial charge in [0.25, 0.3) is 0 Å². The molecule has 0 unspecified atom stereocenters. The molecule has 9 nitrogen and oxygen atoms in total. The summed E-state index contributed by atoms with van der Waals surface area (Å²) in [5.41, 5.74) is 2.70. The number of piperidine rings is 1. The van der Waals surface area contributed by atoms with E-state index < -0.39 is 11.9 Å². The van der Waals surface area contributed by atoms with E-state index >= 15 is 0 Å². The molecule has 2 atom stereocenters. The molecule has 0 bridgehead atoms. The van der Waals surface area contributed by atoms with Gasteiger partial charge in [-0.2, -0.15) is 0 Å². The van der Waals surface area contributed by atoms with Gasteiger partial charge in [0, 0.05) is 48.7 Å². The molecule has 2 aromatic heterocycles. The van der Waals surface area contributed by atoms with Crippen LogP contribution in [0.4, 0.5) is 5.69 Å². The van der Waals surface area contributed by atoms with Crippen molar-refractivity contribution in [2.45, 2.75) is 57.1 Å². The van der Waals surface area contributed by atoms with E-state index in [1.54, 1.807) is 18.2 Å². The molecule has 3 heterocycles. The first kappa shape index (κ1) is 26.7. The molecule has 40 heavy (non-hydrogen) atoms. The molecule has 6 rings (SSSR count). The number of esters is 2. The number of anilines is 1. The van der Waals surface area contributed by atoms with Crippen LogP contribution >= 0.6 is 23.2 Å². The highest BCUT2D eigenvalue weighted by Crippen LogP contribution is 2.46. The van der Waals surface area contributed by atoms with Crippen LogP contribution in [0.2, 0.25) is 10.0 Å². The molecular weight excluding hydrogens is 557 g/mol. The van der Waals surface area contributed by atoms with Gasteiger partial charge in [-0.1, -0.05) is 46.5 Å². The second kappa shape index (κ2) is 10.8. The molecule has 1 saturated carbocycles. The molecule has 0 spiro atoms. The Kier molecular flexibility index (Phi) is 7.18. The molecule has 1 aliphatic heterocycles. The Bertz CT molecular complexity index is 1570. The minimum absolute atomic E-state index is 0.120. The van der Waals surface area contributed by atoms with Crippen LogP contribution in [0, 0.1) is 0 Å². The second-order valence-corrected chi connectivity index (χ2v) is 11.0. The van der Waals surface area contributed by atoms with E-state index in [1.165, 1.54) is 7.11 Å². The van der Waals surface area contributed by atoms with Crippen molar-refractivity contribution in [2.75, 3.05) is 18.6 Å². The zero-order valence-corrected chi connectivity index (χ0v) is 23.5. The number of carbonyl (C=O) groups is 2. The third-order valence-electron chi connectivity index (χ3n) is 7.65. The van der Waals surface area contributed by atoms with Crippen LogP contribution in [0.3, 0.4) is 0 Å². The summed E-state index contributed by atoms with van der Waals surface area (Å²) < 4.78 is 21.9. The molecule has 2 fully saturated rings. The fourth-order valence-corrected chi connectivity index (χ4v) is 6.00. The van der Waals surface area contributed by atoms with E-state index in [9.17, 15) is 9.59 Å². The Morgan fingerprint density at radius 3 is 2.52 bits per heavy atom. The summed E-state index contributed by atoms with van der Waals surface area (Å²) in [4.78, 5) is 27.9. The topological polar surface area (TPSA) is 108 Å². The summed E-state index contributed by atoms with van der Waals surface area (Å²) in [6.07, 6.45) is 3.70. The quantitative estimate of drug-likeness (QED) is 0.211. The first-order valence-corrected chi connectivity index (χ1v) is 14.0. The smallest absolute Gasteiger partial charge is 0.360 e. The van der Waals surface area contributed by atoms with Crippen molar-refractivity contribution < 1.29 is 28.1 Å². The Morgan fingerprint density at radius 1 is 1.05 bits per heavy atom. The summed E-state index contributed by atoms with van der Waals surface area (Å²) in [5.74, 6) is -0.341. The molecule has 11 heteroatoms. The first-order valence-electron chi connectivity index (χ1n) is 13.3. The van der Waals surface area contributed by atoms with Crippen molar-refractivity contribution >= 4 is 51.8 Å². The van der Waals surface area contributed by atoms with E-state index in [0.29, 0.717) is 63.0 Å². The lowest BCUT2D eigenvalue weighted by atomic mass is 9.96. The number of nitrogens with zero attached hydrogens (tertiary/aromatic N) is 3. The number of carbonyl (C=O) groups excluding carboxylic acids is 2. The summed E-state index contributed by atoms with van der Waals surface area (Å²) in [6.45, 7) is 2.77. The summed E-state index contributed by atoms with van der Waals surface area (Å²) in [6, 6.07) is 10.9. The van der Waals surface area contributed by atoms with Crippen LogP contribution in [0.5, 0.6) is 0 Å². The van der Waals surface area contributed by atoms with Crippen LogP contribution in [0.1, 0.15) is 71.6 Å². The van der Waals surface area contributed by atoms with Crippen LogP contribution < -0.4 is 4.90 Å². The van der Waals surface area contributed by atoms with Crippen molar-refractivity contribution in [3.63, 3.8) is 0 Å². The van der Waals surface area contributed by atoms with Gasteiger partial charge in [-0.05, 0) is 43.5 Å². The number of benzene rings is 2. The van der Waals surface area contributed by atoms with Crippen molar-refractivity contribution in [1.82, 2.24) is 10.3 Å². The molecule has 0 amide bonds. The van der Waals surface area contributed by atoms with Crippen LogP contribution in [-0.2, 0) is 9.47 Å². The Balaban J connectivity index is 1.22. The van der Waals surface area contributed by atoms with Crippen LogP contribution in [0.25, 0.3) is 22.2 Å². The normalized spacial score (nSPS) is 19.1. The third kappa shape index (κ3) is 4.81. The zero-order chi connectivity index (χ0) is 28.0. The number of fused-ring (bicyclic) bond motifs is 1. The van der Waals surface area contributed by atoms with Gasteiger partial charge in [-0.15, -0.1) is 0 Å². The number of methoxy groups -OCH3 is 1. The minimum atomic E-state index is -0.543. The number of ether oxygens (including phenoxy) is 2. The van der Waals surface area contributed by atoms with E-state index in [4.69, 9.17) is 41.7 Å². The Hall–Kier alpha value is -3.56. The summed E-state index contributed by atoms with van der Waals surface area (Å²) >= 11 is 12.9. The lowest BCUT2D eigenvalue weighted by Gasteiger charge is -2.40. The largest absolute Gasteiger partial charge is 0.464 e. The lowest BCUT2D eigenvalue weighted by Crippen LogP contribution is -2.45. The van der Waals surface area contributed by atoms with Crippen molar-refractivity contribution in [2.24, 2.45) is 0 Å². The fourth-order valence-electron chi connectivity index (χ4n) is 5.43. The van der Waals surface area contributed by atoms with Gasteiger partial charge in [0.15, 0.2) is 17.0 Å². The summed E-state index contributed by atoms with van der Waals surface area (Å²) in [7, 11) is 1.31. The maximum atomic E-state index is 13.6. The number of hydrogen-bond acceptors (Lipinski definition) is 9. The molecule has 0 radical (unpaired) electrons. The van der Waals surface area contributed by atoms with Crippen molar-refractivity contribution in [1.29, 1.82) is 0 Å². The average Bonchev–Trinajstić information content (AvgIpc) is 3.57. The predicted octanol–water partition coefficient (Wildman–Crippen LogP) is 7.06. The Morgan fingerprint density at radius 2 is 1.82 bits per heavy atom. The van der Waals surface area contributed by atoms with Crippen molar-refractivity contribution in [3.8, 4) is 11.3 Å². The maximum Gasteiger partial charge on any atom is 0.360 e. The second-order valence-electron chi connectivity index (χ2n) is 10.2. The molecule has 0 N–H and O–H groups in total. The fraction of sp³-hybridized carbons (Fsp3) is 0.379. The molecule has 4 aromatic rings. The summed E-state index contributed by atoms with van der Waals surface area (Å²) in [5, 5.41) is 9.46. The van der Waals surface area contributed by atoms with Gasteiger partial charge in [0.05, 0.1) is 22.5 Å². The predicted molar refractivity (Wildman–Crippen MR) is 149 cm³/mol. The molecule has 2 aromatic carbocycles. The third-order valence-corrected chi connectivity index (χ3v) is 8.28. The monoisotopic (exact) mass is 583 g/mol. The number of aromatic nitrogens is 2. The first-order chi connectivity index (χ1) is 19.4.